The van der Waals surface area contributed by atoms with Crippen LogP contribution < -0.4 is 10.5 Å². The Morgan fingerprint density at radius 2 is 2.22 bits per heavy atom. The number of hydrogen-bond acceptors (Lipinski definition) is 3. The third-order valence-corrected chi connectivity index (χ3v) is 2.81. The molecule has 0 amide bonds. The summed E-state index contributed by atoms with van der Waals surface area (Å²) in [6.45, 7) is 2.37. The van der Waals surface area contributed by atoms with E-state index in [4.69, 9.17) is 22.1 Å². The molecule has 0 aliphatic carbocycles. The molecule has 0 spiro atoms. The van der Waals surface area contributed by atoms with Crippen LogP contribution in [-0.4, -0.2) is 4.98 Å². The number of halogens is 1. The van der Waals surface area contributed by atoms with E-state index in [-0.39, 0.29) is 6.04 Å². The molecular weight excluding hydrogens is 248 g/mol. The summed E-state index contributed by atoms with van der Waals surface area (Å²) >= 11 is 5.96. The molecule has 0 saturated heterocycles. The topological polar surface area (TPSA) is 48.1 Å². The molecule has 0 aliphatic rings. The number of ether oxygens (including phenoxy) is 1. The quantitative estimate of drug-likeness (QED) is 0.919. The summed E-state index contributed by atoms with van der Waals surface area (Å²) < 4.78 is 5.76. The first-order valence-electron chi connectivity index (χ1n) is 5.73. The van der Waals surface area contributed by atoms with Crippen LogP contribution in [0.2, 0.25) is 5.02 Å². The van der Waals surface area contributed by atoms with Crippen molar-refractivity contribution < 1.29 is 4.74 Å². The SMILES string of the molecule is C[C@H](N)c1cc(Cl)ccc1OCc1cccnc1. The van der Waals surface area contributed by atoms with E-state index in [1.165, 1.54) is 0 Å². The van der Waals surface area contributed by atoms with Crippen LogP contribution in [0.15, 0.2) is 42.7 Å². The van der Waals surface area contributed by atoms with Gasteiger partial charge in [0.1, 0.15) is 12.4 Å². The van der Waals surface area contributed by atoms with Crippen molar-refractivity contribution in [2.45, 2.75) is 19.6 Å². The number of rotatable bonds is 4. The van der Waals surface area contributed by atoms with E-state index in [0.29, 0.717) is 11.6 Å². The van der Waals surface area contributed by atoms with Crippen molar-refractivity contribution in [3.05, 3.63) is 58.9 Å². The van der Waals surface area contributed by atoms with Gasteiger partial charge in [-0.3, -0.25) is 4.98 Å². The predicted molar refractivity (Wildman–Crippen MR) is 72.6 cm³/mol. The lowest BCUT2D eigenvalue weighted by Gasteiger charge is -2.14. The summed E-state index contributed by atoms with van der Waals surface area (Å²) in [7, 11) is 0. The zero-order valence-corrected chi connectivity index (χ0v) is 10.9. The summed E-state index contributed by atoms with van der Waals surface area (Å²) in [5.74, 6) is 0.762. The normalized spacial score (nSPS) is 12.2. The fraction of sp³-hybridized carbons (Fsp3) is 0.214. The molecule has 0 bridgehead atoms. The minimum atomic E-state index is -0.118. The smallest absolute Gasteiger partial charge is 0.124 e. The van der Waals surface area contributed by atoms with Gasteiger partial charge in [0.25, 0.3) is 0 Å². The van der Waals surface area contributed by atoms with Gasteiger partial charge in [-0.1, -0.05) is 17.7 Å². The fourth-order valence-electron chi connectivity index (χ4n) is 1.65. The molecule has 1 atom stereocenters. The van der Waals surface area contributed by atoms with Crippen LogP contribution in [0.25, 0.3) is 0 Å². The molecule has 0 saturated carbocycles. The second-order valence-corrected chi connectivity index (χ2v) is 4.56. The number of nitrogens with two attached hydrogens (primary N) is 1. The molecule has 2 N–H and O–H groups in total. The molecule has 18 heavy (non-hydrogen) atoms. The van der Waals surface area contributed by atoms with Crippen LogP contribution in [0.1, 0.15) is 24.1 Å². The highest BCUT2D eigenvalue weighted by atomic mass is 35.5. The summed E-state index contributed by atoms with van der Waals surface area (Å²) in [4.78, 5) is 4.04. The summed E-state index contributed by atoms with van der Waals surface area (Å²) in [6, 6.07) is 9.21. The molecule has 94 valence electrons. The molecule has 1 aromatic carbocycles. The van der Waals surface area contributed by atoms with Gasteiger partial charge < -0.3 is 10.5 Å². The fourth-order valence-corrected chi connectivity index (χ4v) is 1.83. The lowest BCUT2D eigenvalue weighted by atomic mass is 10.1. The van der Waals surface area contributed by atoms with Crippen molar-refractivity contribution in [2.24, 2.45) is 5.73 Å². The average molecular weight is 263 g/mol. The van der Waals surface area contributed by atoms with E-state index < -0.39 is 0 Å². The number of pyridine rings is 1. The average Bonchev–Trinajstić information content (AvgIpc) is 2.38. The van der Waals surface area contributed by atoms with Gasteiger partial charge in [0.05, 0.1) is 0 Å². The van der Waals surface area contributed by atoms with Crippen LogP contribution in [0.5, 0.6) is 5.75 Å². The molecular formula is C14H15ClN2O. The van der Waals surface area contributed by atoms with Crippen molar-refractivity contribution in [1.29, 1.82) is 0 Å². The first-order chi connectivity index (χ1) is 8.66. The standard InChI is InChI=1S/C14H15ClN2O/c1-10(16)13-7-12(15)4-5-14(13)18-9-11-3-2-6-17-8-11/h2-8,10H,9,16H2,1H3/t10-/m0/s1. The Labute approximate surface area is 112 Å². The monoisotopic (exact) mass is 262 g/mol. The van der Waals surface area contributed by atoms with Crippen molar-refractivity contribution in [2.75, 3.05) is 0 Å². The van der Waals surface area contributed by atoms with Gasteiger partial charge in [-0.15, -0.1) is 0 Å². The molecule has 2 rings (SSSR count). The maximum atomic E-state index is 5.96. The van der Waals surface area contributed by atoms with Crippen LogP contribution >= 0.6 is 11.6 Å². The summed E-state index contributed by atoms with van der Waals surface area (Å²) in [6.07, 6.45) is 3.51. The molecule has 1 heterocycles. The third-order valence-electron chi connectivity index (χ3n) is 2.58. The van der Waals surface area contributed by atoms with Gasteiger partial charge in [-0.25, -0.2) is 0 Å². The zero-order chi connectivity index (χ0) is 13.0. The van der Waals surface area contributed by atoms with Gasteiger partial charge in [-0.2, -0.15) is 0 Å². The summed E-state index contributed by atoms with van der Waals surface area (Å²) in [5, 5.41) is 0.663. The lowest BCUT2D eigenvalue weighted by molar-refractivity contribution is 0.301. The van der Waals surface area contributed by atoms with Crippen molar-refractivity contribution in [3.8, 4) is 5.75 Å². The molecule has 0 aliphatic heterocycles. The van der Waals surface area contributed by atoms with Crippen molar-refractivity contribution >= 4 is 11.6 Å². The predicted octanol–water partition coefficient (Wildman–Crippen LogP) is 3.33. The molecule has 0 fully saturated rings. The lowest BCUT2D eigenvalue weighted by Crippen LogP contribution is -2.08. The summed E-state index contributed by atoms with van der Waals surface area (Å²) in [5.41, 5.74) is 7.83. The van der Waals surface area contributed by atoms with Crippen LogP contribution in [0.4, 0.5) is 0 Å². The molecule has 0 unspecified atom stereocenters. The maximum Gasteiger partial charge on any atom is 0.124 e. The second-order valence-electron chi connectivity index (χ2n) is 4.12. The van der Waals surface area contributed by atoms with Crippen molar-refractivity contribution in [1.82, 2.24) is 4.98 Å². The van der Waals surface area contributed by atoms with E-state index in [2.05, 4.69) is 4.98 Å². The Morgan fingerprint density at radius 3 is 2.89 bits per heavy atom. The molecule has 2 aromatic rings. The third kappa shape index (κ3) is 3.22. The largest absolute Gasteiger partial charge is 0.489 e. The van der Waals surface area contributed by atoms with Gasteiger partial charge in [-0.05, 0) is 31.2 Å². The maximum absolute atomic E-state index is 5.96. The molecule has 4 heteroatoms. The second kappa shape index (κ2) is 5.85. The first kappa shape index (κ1) is 12.9. The Balaban J connectivity index is 2.14. The van der Waals surface area contributed by atoms with Gasteiger partial charge in [0.2, 0.25) is 0 Å². The highest BCUT2D eigenvalue weighted by Gasteiger charge is 2.09. The molecule has 3 nitrogen and oxygen atoms in total. The van der Waals surface area contributed by atoms with Crippen LogP contribution in [-0.2, 0) is 6.61 Å². The van der Waals surface area contributed by atoms with E-state index in [1.807, 2.05) is 31.2 Å². The Kier molecular flexibility index (Phi) is 4.18. The van der Waals surface area contributed by atoms with Gasteiger partial charge >= 0.3 is 0 Å². The highest BCUT2D eigenvalue weighted by molar-refractivity contribution is 6.30. The van der Waals surface area contributed by atoms with Crippen LogP contribution in [0.3, 0.4) is 0 Å². The number of nitrogens with zero attached hydrogens (tertiary/aromatic N) is 1. The molecule has 0 radical (unpaired) electrons. The van der Waals surface area contributed by atoms with Crippen molar-refractivity contribution in [3.63, 3.8) is 0 Å². The van der Waals surface area contributed by atoms with E-state index in [0.717, 1.165) is 16.9 Å². The van der Waals surface area contributed by atoms with E-state index >= 15 is 0 Å². The van der Waals surface area contributed by atoms with E-state index in [9.17, 15) is 0 Å². The Bertz CT molecular complexity index is 514. The Morgan fingerprint density at radius 1 is 1.39 bits per heavy atom. The number of benzene rings is 1. The first-order valence-corrected chi connectivity index (χ1v) is 6.11. The minimum Gasteiger partial charge on any atom is -0.489 e. The Hall–Kier alpha value is -1.58. The zero-order valence-electron chi connectivity index (χ0n) is 10.1. The molecule has 1 aromatic heterocycles. The van der Waals surface area contributed by atoms with Gasteiger partial charge in [0.15, 0.2) is 0 Å². The van der Waals surface area contributed by atoms with E-state index in [1.54, 1.807) is 18.5 Å². The number of aromatic nitrogens is 1. The van der Waals surface area contributed by atoms with Gasteiger partial charge in [0, 0.05) is 34.6 Å². The number of hydrogen-bond donors (Lipinski definition) is 1. The van der Waals surface area contributed by atoms with Crippen LogP contribution in [0, 0.1) is 0 Å². The minimum absolute atomic E-state index is 0.118. The highest BCUT2D eigenvalue weighted by Crippen LogP contribution is 2.27.